The van der Waals surface area contributed by atoms with Crippen molar-refractivity contribution < 1.29 is 29.0 Å². The molecule has 10 nitrogen and oxygen atoms in total. The fourth-order valence-corrected chi connectivity index (χ4v) is 4.58. The Morgan fingerprint density at radius 3 is 2.24 bits per heavy atom. The third kappa shape index (κ3) is 13.9. The van der Waals surface area contributed by atoms with Crippen molar-refractivity contribution in [3.8, 4) is 5.75 Å². The number of benzene rings is 1. The first-order valence-electron chi connectivity index (χ1n) is 15.3. The topological polar surface area (TPSA) is 152 Å². The number of nitrogens with one attached hydrogen (secondary N) is 3. The van der Waals surface area contributed by atoms with Crippen LogP contribution in [0, 0.1) is 23.7 Å². The zero-order valence-corrected chi connectivity index (χ0v) is 27.0. The van der Waals surface area contributed by atoms with E-state index in [2.05, 4.69) is 22.9 Å². The number of rotatable bonds is 18. The molecule has 0 aliphatic heterocycles. The molecule has 0 radical (unpaired) electrons. The summed E-state index contributed by atoms with van der Waals surface area (Å²) in [5.74, 6) is -0.352. The lowest BCUT2D eigenvalue weighted by Crippen LogP contribution is -2.49. The molecular weight excluding hydrogens is 536 g/mol. The minimum atomic E-state index is -1.01. The Kier molecular flexibility index (Phi) is 16.5. The van der Waals surface area contributed by atoms with E-state index in [1.165, 1.54) is 0 Å². The minimum absolute atomic E-state index is 0.00908. The van der Waals surface area contributed by atoms with Gasteiger partial charge in [-0.2, -0.15) is 0 Å². The predicted molar refractivity (Wildman–Crippen MR) is 166 cm³/mol. The van der Waals surface area contributed by atoms with Gasteiger partial charge in [0.05, 0.1) is 17.7 Å². The van der Waals surface area contributed by atoms with E-state index in [-0.39, 0.29) is 36.0 Å². The first-order valence-corrected chi connectivity index (χ1v) is 15.3. The maximum Gasteiger partial charge on any atom is 0.407 e. The zero-order chi connectivity index (χ0) is 31.9. The summed E-state index contributed by atoms with van der Waals surface area (Å²) in [4.78, 5) is 38.9. The SMILES string of the molecule is CCCCNC(=O)[C@@H](C[C@H](O)[C@H](C[C@H](CNC(=O)c1ccccc1OCCN)C(C)C)NC(=O)OC(C)(C)C)C(C)C. The standard InChI is InChI=1S/C32H56N4O6/c1-9-10-16-34-30(39)25(22(4)5)19-27(37)26(36-31(40)42-32(6,7)8)18-23(21(2)3)20-35-29(38)24-13-11-12-14-28(24)41-17-15-33/h11-14,21-23,25-27,37H,9-10,15-20,33H2,1-8H3,(H,34,39)(H,35,38)(H,36,40)/t23-,25+,26+,27+/m1/s1. The third-order valence-electron chi connectivity index (χ3n) is 7.16. The Morgan fingerprint density at radius 1 is 1.00 bits per heavy atom. The lowest BCUT2D eigenvalue weighted by atomic mass is 9.82. The highest BCUT2D eigenvalue weighted by Gasteiger charge is 2.33. The monoisotopic (exact) mass is 592 g/mol. The molecule has 1 aromatic carbocycles. The van der Waals surface area contributed by atoms with Crippen LogP contribution >= 0.6 is 0 Å². The molecule has 0 aliphatic carbocycles. The fraction of sp³-hybridized carbons (Fsp3) is 0.719. The van der Waals surface area contributed by atoms with E-state index in [4.69, 9.17) is 15.2 Å². The van der Waals surface area contributed by atoms with Crippen LogP contribution < -0.4 is 26.4 Å². The lowest BCUT2D eigenvalue weighted by Gasteiger charge is -2.33. The van der Waals surface area contributed by atoms with Crippen molar-refractivity contribution in [2.24, 2.45) is 29.4 Å². The predicted octanol–water partition coefficient (Wildman–Crippen LogP) is 4.25. The normalized spacial score (nSPS) is 14.6. The molecule has 0 saturated carbocycles. The molecule has 6 N–H and O–H groups in total. The molecule has 0 aliphatic rings. The maximum atomic E-state index is 13.1. The maximum absolute atomic E-state index is 13.1. The highest BCUT2D eigenvalue weighted by atomic mass is 16.6. The van der Waals surface area contributed by atoms with Crippen molar-refractivity contribution in [2.75, 3.05) is 26.2 Å². The van der Waals surface area contributed by atoms with Gasteiger partial charge in [0.2, 0.25) is 5.91 Å². The van der Waals surface area contributed by atoms with E-state index in [1.807, 2.05) is 27.7 Å². The summed E-state index contributed by atoms with van der Waals surface area (Å²) in [6.07, 6.45) is 0.747. The van der Waals surface area contributed by atoms with E-state index < -0.39 is 29.8 Å². The fourth-order valence-electron chi connectivity index (χ4n) is 4.58. The van der Waals surface area contributed by atoms with Crippen molar-refractivity contribution >= 4 is 17.9 Å². The second-order valence-electron chi connectivity index (χ2n) is 12.6. The number of nitrogens with two attached hydrogens (primary N) is 1. The Hall–Kier alpha value is -2.85. The van der Waals surface area contributed by atoms with Gasteiger partial charge >= 0.3 is 6.09 Å². The molecule has 0 aromatic heterocycles. The van der Waals surface area contributed by atoms with Crippen molar-refractivity contribution in [1.82, 2.24) is 16.0 Å². The largest absolute Gasteiger partial charge is 0.491 e. The Bertz CT molecular complexity index is 963. The number of hydrogen-bond donors (Lipinski definition) is 5. The summed E-state index contributed by atoms with van der Waals surface area (Å²) in [6, 6.07) is 6.28. The molecule has 0 fully saturated rings. The van der Waals surface area contributed by atoms with Crippen molar-refractivity contribution in [3.05, 3.63) is 29.8 Å². The Balaban J connectivity index is 3.11. The van der Waals surface area contributed by atoms with Crippen LogP contribution in [0.25, 0.3) is 0 Å². The van der Waals surface area contributed by atoms with Crippen LogP contribution in [-0.2, 0) is 9.53 Å². The second-order valence-corrected chi connectivity index (χ2v) is 12.6. The molecule has 0 unspecified atom stereocenters. The molecule has 0 spiro atoms. The number of carbonyl (C=O) groups is 3. The molecule has 42 heavy (non-hydrogen) atoms. The van der Waals surface area contributed by atoms with Crippen molar-refractivity contribution in [3.63, 3.8) is 0 Å². The molecular formula is C32H56N4O6. The number of amides is 3. The lowest BCUT2D eigenvalue weighted by molar-refractivity contribution is -0.127. The average Bonchev–Trinajstić information content (AvgIpc) is 2.90. The number of unbranched alkanes of at least 4 members (excludes halogenated alkanes) is 1. The van der Waals surface area contributed by atoms with E-state index in [0.717, 1.165) is 12.8 Å². The molecule has 0 heterocycles. The number of alkyl carbamates (subject to hydrolysis) is 1. The molecule has 3 amide bonds. The van der Waals surface area contributed by atoms with Gasteiger partial charge in [-0.3, -0.25) is 9.59 Å². The Labute approximate surface area is 252 Å². The summed E-state index contributed by atoms with van der Waals surface area (Å²) in [5, 5.41) is 20.3. The molecule has 1 rings (SSSR count). The van der Waals surface area contributed by atoms with Gasteiger partial charge in [0.1, 0.15) is 18.0 Å². The van der Waals surface area contributed by atoms with Crippen LogP contribution in [0.15, 0.2) is 24.3 Å². The van der Waals surface area contributed by atoms with Gasteiger partial charge in [0.15, 0.2) is 0 Å². The quantitative estimate of drug-likeness (QED) is 0.160. The molecule has 0 saturated heterocycles. The number of para-hydroxylation sites is 1. The van der Waals surface area contributed by atoms with Crippen LogP contribution in [0.3, 0.4) is 0 Å². The van der Waals surface area contributed by atoms with Crippen molar-refractivity contribution in [2.45, 2.75) is 98.8 Å². The second kappa shape index (κ2) is 18.6. The highest BCUT2D eigenvalue weighted by Crippen LogP contribution is 2.25. The van der Waals surface area contributed by atoms with Crippen LogP contribution in [0.4, 0.5) is 4.79 Å². The van der Waals surface area contributed by atoms with E-state index >= 15 is 0 Å². The summed E-state index contributed by atoms with van der Waals surface area (Å²) in [5.41, 5.74) is 5.25. The van der Waals surface area contributed by atoms with E-state index in [0.29, 0.717) is 44.0 Å². The number of ether oxygens (including phenoxy) is 2. The molecule has 240 valence electrons. The molecule has 0 bridgehead atoms. The molecule has 10 heteroatoms. The van der Waals surface area contributed by atoms with Gasteiger partial charge in [0.25, 0.3) is 5.91 Å². The summed E-state index contributed by atoms with van der Waals surface area (Å²) >= 11 is 0. The van der Waals surface area contributed by atoms with Gasteiger partial charge in [-0.1, -0.05) is 53.2 Å². The highest BCUT2D eigenvalue weighted by molar-refractivity contribution is 5.96. The number of carbonyl (C=O) groups excluding carboxylic acids is 3. The smallest absolute Gasteiger partial charge is 0.407 e. The summed E-state index contributed by atoms with van der Waals surface area (Å²) in [7, 11) is 0. The van der Waals surface area contributed by atoms with Gasteiger partial charge < -0.3 is 36.3 Å². The molecule has 1 aromatic rings. The van der Waals surface area contributed by atoms with Crippen LogP contribution in [0.2, 0.25) is 0 Å². The van der Waals surface area contributed by atoms with Crippen LogP contribution in [0.1, 0.15) is 91.4 Å². The van der Waals surface area contributed by atoms with E-state index in [1.54, 1.807) is 45.0 Å². The summed E-state index contributed by atoms with van der Waals surface area (Å²) < 4.78 is 11.1. The van der Waals surface area contributed by atoms with Gasteiger partial charge in [-0.15, -0.1) is 0 Å². The van der Waals surface area contributed by atoms with Gasteiger partial charge in [0, 0.05) is 25.6 Å². The summed E-state index contributed by atoms with van der Waals surface area (Å²) in [6.45, 7) is 16.9. The number of aliphatic hydroxyl groups excluding tert-OH is 1. The van der Waals surface area contributed by atoms with Crippen molar-refractivity contribution in [1.29, 1.82) is 0 Å². The Morgan fingerprint density at radius 2 is 1.67 bits per heavy atom. The third-order valence-corrected chi connectivity index (χ3v) is 7.16. The average molecular weight is 593 g/mol. The van der Waals surface area contributed by atoms with Crippen LogP contribution in [-0.4, -0.2) is 67.0 Å². The zero-order valence-electron chi connectivity index (χ0n) is 27.0. The number of hydrogen-bond acceptors (Lipinski definition) is 7. The van der Waals surface area contributed by atoms with E-state index in [9.17, 15) is 19.5 Å². The molecule has 4 atom stereocenters. The first-order chi connectivity index (χ1) is 19.7. The van der Waals surface area contributed by atoms with Gasteiger partial charge in [-0.05, 0) is 69.9 Å². The van der Waals surface area contributed by atoms with Crippen LogP contribution in [0.5, 0.6) is 5.75 Å². The first kappa shape index (κ1) is 37.2. The minimum Gasteiger partial charge on any atom is -0.491 e. The number of aliphatic hydroxyl groups is 1. The van der Waals surface area contributed by atoms with Gasteiger partial charge in [-0.25, -0.2) is 4.79 Å².